The number of rotatable bonds is 4. The number of hydrogen-bond acceptors (Lipinski definition) is 2. The molecule has 0 aliphatic heterocycles. The van der Waals surface area contributed by atoms with Crippen molar-refractivity contribution in [2.24, 2.45) is 5.73 Å². The van der Waals surface area contributed by atoms with Gasteiger partial charge in [-0.3, -0.25) is 4.79 Å². The van der Waals surface area contributed by atoms with Crippen LogP contribution < -0.4 is 11.1 Å². The maximum absolute atomic E-state index is 12.8. The third-order valence-corrected chi connectivity index (χ3v) is 2.78. The highest BCUT2D eigenvalue weighted by molar-refractivity contribution is 6.33. The molecule has 5 heteroatoms. The van der Waals surface area contributed by atoms with Gasteiger partial charge in [0.05, 0.1) is 16.2 Å². The molecule has 0 radical (unpaired) electrons. The summed E-state index contributed by atoms with van der Waals surface area (Å²) in [6.45, 7) is 3.60. The minimum atomic E-state index is -0.952. The topological polar surface area (TPSA) is 55.1 Å². The van der Waals surface area contributed by atoms with Crippen molar-refractivity contribution in [3.05, 3.63) is 29.0 Å². The van der Waals surface area contributed by atoms with Crippen molar-refractivity contribution in [1.82, 2.24) is 0 Å². The Hall–Kier alpha value is -1.13. The molecule has 1 aromatic rings. The summed E-state index contributed by atoms with van der Waals surface area (Å²) in [4.78, 5) is 11.9. The number of anilines is 1. The van der Waals surface area contributed by atoms with E-state index in [4.69, 9.17) is 17.3 Å². The van der Waals surface area contributed by atoms with Crippen molar-refractivity contribution in [3.63, 3.8) is 0 Å². The molecule has 0 aliphatic rings. The first-order valence-electron chi connectivity index (χ1n) is 5.42. The summed E-state index contributed by atoms with van der Waals surface area (Å²) < 4.78 is 12.8. The van der Waals surface area contributed by atoms with Gasteiger partial charge in [-0.15, -0.1) is 0 Å². The third kappa shape index (κ3) is 3.68. The van der Waals surface area contributed by atoms with Gasteiger partial charge in [-0.1, -0.05) is 24.9 Å². The van der Waals surface area contributed by atoms with Gasteiger partial charge in [-0.05, 0) is 31.5 Å². The number of carbonyl (C=O) groups excluding carboxylic acids is 1. The monoisotopic (exact) mass is 258 g/mol. The molecule has 1 amide bonds. The minimum absolute atomic E-state index is 0.158. The van der Waals surface area contributed by atoms with Gasteiger partial charge in [0.25, 0.3) is 0 Å². The van der Waals surface area contributed by atoms with Crippen LogP contribution in [0, 0.1) is 5.82 Å². The molecule has 0 aliphatic carbocycles. The lowest BCUT2D eigenvalue weighted by molar-refractivity contribution is -0.120. The zero-order valence-corrected chi connectivity index (χ0v) is 10.6. The summed E-state index contributed by atoms with van der Waals surface area (Å²) in [5, 5.41) is 2.76. The number of carbonyl (C=O) groups is 1. The summed E-state index contributed by atoms with van der Waals surface area (Å²) in [6, 6.07) is 3.79. The van der Waals surface area contributed by atoms with E-state index in [2.05, 4.69) is 5.32 Å². The fourth-order valence-electron chi connectivity index (χ4n) is 1.49. The molecule has 0 heterocycles. The van der Waals surface area contributed by atoms with Gasteiger partial charge in [0, 0.05) is 0 Å². The van der Waals surface area contributed by atoms with Gasteiger partial charge in [0.15, 0.2) is 0 Å². The smallest absolute Gasteiger partial charge is 0.244 e. The summed E-state index contributed by atoms with van der Waals surface area (Å²) in [7, 11) is 0. The van der Waals surface area contributed by atoms with Gasteiger partial charge < -0.3 is 11.1 Å². The predicted octanol–water partition coefficient (Wildman–Crippen LogP) is 2.94. The lowest BCUT2D eigenvalue weighted by atomic mass is 9.96. The molecule has 1 aromatic carbocycles. The second kappa shape index (κ2) is 5.47. The second-order valence-electron chi connectivity index (χ2n) is 4.25. The highest BCUT2D eigenvalue weighted by atomic mass is 35.5. The summed E-state index contributed by atoms with van der Waals surface area (Å²) in [5.74, 6) is -0.773. The number of hydrogen-bond donors (Lipinski definition) is 2. The van der Waals surface area contributed by atoms with Gasteiger partial charge in [0.1, 0.15) is 5.82 Å². The van der Waals surface area contributed by atoms with E-state index in [0.717, 1.165) is 12.5 Å². The lowest BCUT2D eigenvalue weighted by Crippen LogP contribution is -2.48. The molecule has 0 saturated heterocycles. The standard InChI is InChI=1S/C12H16ClFN2O/c1-3-6-12(2,15)11(17)16-10-5-4-8(14)7-9(10)13/h4-5,7H,3,6,15H2,1-2H3,(H,16,17). The normalized spacial score (nSPS) is 14.2. The van der Waals surface area contributed by atoms with Crippen LogP contribution in [0.2, 0.25) is 5.02 Å². The van der Waals surface area contributed by atoms with E-state index >= 15 is 0 Å². The minimum Gasteiger partial charge on any atom is -0.323 e. The molecule has 1 rings (SSSR count). The van der Waals surface area contributed by atoms with Crippen molar-refractivity contribution in [2.45, 2.75) is 32.2 Å². The first-order valence-corrected chi connectivity index (χ1v) is 5.80. The molecular weight excluding hydrogens is 243 g/mol. The molecule has 0 fully saturated rings. The van der Waals surface area contributed by atoms with Crippen LogP contribution in [-0.2, 0) is 4.79 Å². The molecule has 3 nitrogen and oxygen atoms in total. The van der Waals surface area contributed by atoms with Crippen molar-refractivity contribution in [1.29, 1.82) is 0 Å². The number of nitrogens with two attached hydrogens (primary N) is 1. The fourth-order valence-corrected chi connectivity index (χ4v) is 1.70. The fraction of sp³-hybridized carbons (Fsp3) is 0.417. The average Bonchev–Trinajstić information content (AvgIpc) is 2.22. The Labute approximate surface area is 105 Å². The van der Waals surface area contributed by atoms with Crippen LogP contribution in [0.3, 0.4) is 0 Å². The van der Waals surface area contributed by atoms with Crippen molar-refractivity contribution < 1.29 is 9.18 Å². The SMILES string of the molecule is CCCC(C)(N)C(=O)Nc1ccc(F)cc1Cl. The highest BCUT2D eigenvalue weighted by Gasteiger charge is 2.27. The number of halogens is 2. The number of nitrogens with one attached hydrogen (secondary N) is 1. The maximum atomic E-state index is 12.8. The van der Waals surface area contributed by atoms with E-state index in [-0.39, 0.29) is 10.9 Å². The first-order chi connectivity index (χ1) is 7.86. The van der Waals surface area contributed by atoms with Crippen molar-refractivity contribution in [3.8, 4) is 0 Å². The van der Waals surface area contributed by atoms with Crippen LogP contribution in [0.4, 0.5) is 10.1 Å². The Kier molecular flexibility index (Phi) is 4.48. The molecular formula is C12H16ClFN2O. The van der Waals surface area contributed by atoms with Crippen molar-refractivity contribution in [2.75, 3.05) is 5.32 Å². The largest absolute Gasteiger partial charge is 0.323 e. The van der Waals surface area contributed by atoms with Crippen LogP contribution in [0.25, 0.3) is 0 Å². The van der Waals surface area contributed by atoms with E-state index in [9.17, 15) is 9.18 Å². The van der Waals surface area contributed by atoms with E-state index in [1.807, 2.05) is 6.92 Å². The first kappa shape index (κ1) is 13.9. The van der Waals surface area contributed by atoms with E-state index in [1.54, 1.807) is 6.92 Å². The van der Waals surface area contributed by atoms with Gasteiger partial charge in [-0.2, -0.15) is 0 Å². The number of amides is 1. The summed E-state index contributed by atoms with van der Waals surface area (Å²) in [5.41, 5.74) is 5.28. The van der Waals surface area contributed by atoms with Crippen molar-refractivity contribution >= 4 is 23.2 Å². The highest BCUT2D eigenvalue weighted by Crippen LogP contribution is 2.23. The number of benzene rings is 1. The molecule has 94 valence electrons. The van der Waals surface area contributed by atoms with Gasteiger partial charge in [-0.25, -0.2) is 4.39 Å². The van der Waals surface area contributed by atoms with E-state index in [1.165, 1.54) is 12.1 Å². The van der Waals surface area contributed by atoms with Gasteiger partial charge >= 0.3 is 0 Å². The van der Waals surface area contributed by atoms with Crippen LogP contribution in [0.5, 0.6) is 0 Å². The zero-order chi connectivity index (χ0) is 13.1. The Morgan fingerprint density at radius 3 is 2.76 bits per heavy atom. The Bertz CT molecular complexity index is 421. The van der Waals surface area contributed by atoms with E-state index < -0.39 is 11.4 Å². The molecule has 1 unspecified atom stereocenters. The van der Waals surface area contributed by atoms with Crippen LogP contribution >= 0.6 is 11.6 Å². The Morgan fingerprint density at radius 2 is 2.24 bits per heavy atom. The molecule has 1 atom stereocenters. The Morgan fingerprint density at radius 1 is 1.59 bits per heavy atom. The maximum Gasteiger partial charge on any atom is 0.244 e. The lowest BCUT2D eigenvalue weighted by Gasteiger charge is -2.23. The second-order valence-corrected chi connectivity index (χ2v) is 4.65. The molecule has 0 aromatic heterocycles. The molecule has 3 N–H and O–H groups in total. The van der Waals surface area contributed by atoms with E-state index in [0.29, 0.717) is 12.1 Å². The molecule has 0 spiro atoms. The van der Waals surface area contributed by atoms with Crippen LogP contribution in [0.15, 0.2) is 18.2 Å². The van der Waals surface area contributed by atoms with Crippen LogP contribution in [0.1, 0.15) is 26.7 Å². The molecule has 0 bridgehead atoms. The third-order valence-electron chi connectivity index (χ3n) is 2.47. The summed E-state index contributed by atoms with van der Waals surface area (Å²) in [6.07, 6.45) is 1.37. The molecule has 17 heavy (non-hydrogen) atoms. The predicted molar refractivity (Wildman–Crippen MR) is 67.5 cm³/mol. The quantitative estimate of drug-likeness (QED) is 0.872. The zero-order valence-electron chi connectivity index (χ0n) is 9.89. The summed E-state index contributed by atoms with van der Waals surface area (Å²) >= 11 is 5.81. The molecule has 0 saturated carbocycles. The van der Waals surface area contributed by atoms with Gasteiger partial charge in [0.2, 0.25) is 5.91 Å². The Balaban J connectivity index is 2.81. The van der Waals surface area contributed by atoms with Crippen LogP contribution in [-0.4, -0.2) is 11.4 Å². The average molecular weight is 259 g/mol.